The molecule has 0 spiro atoms. The van der Waals surface area contributed by atoms with Crippen molar-refractivity contribution >= 4 is 28.5 Å². The number of guanidine groups is 1. The lowest BCUT2D eigenvalue weighted by atomic mass is 10.1. The second kappa shape index (κ2) is 10.7. The molecule has 0 aliphatic carbocycles. The minimum absolute atomic E-state index is 0.215. The van der Waals surface area contributed by atoms with E-state index in [9.17, 15) is 9.18 Å². The van der Waals surface area contributed by atoms with E-state index in [1.165, 1.54) is 6.07 Å². The molecule has 0 aliphatic heterocycles. The normalized spacial score (nSPS) is 11.4. The molecule has 1 heterocycles. The van der Waals surface area contributed by atoms with Crippen molar-refractivity contribution in [1.29, 1.82) is 0 Å². The molecule has 0 atom stereocenters. The van der Waals surface area contributed by atoms with Crippen molar-refractivity contribution in [3.05, 3.63) is 95.4 Å². The van der Waals surface area contributed by atoms with Crippen molar-refractivity contribution < 1.29 is 13.9 Å². The van der Waals surface area contributed by atoms with E-state index in [4.69, 9.17) is 4.74 Å². The summed E-state index contributed by atoms with van der Waals surface area (Å²) in [7, 11) is 0. The van der Waals surface area contributed by atoms with Crippen LogP contribution in [-0.2, 0) is 6.42 Å². The number of aromatic nitrogens is 1. The first-order valence-electron chi connectivity index (χ1n) is 11.2. The van der Waals surface area contributed by atoms with Crippen LogP contribution in [0.4, 0.5) is 10.1 Å². The average molecular weight is 459 g/mol. The maximum Gasteiger partial charge on any atom is 0.258 e. The summed E-state index contributed by atoms with van der Waals surface area (Å²) < 4.78 is 19.7. The first-order chi connectivity index (χ1) is 16.5. The maximum atomic E-state index is 14.0. The van der Waals surface area contributed by atoms with Crippen LogP contribution < -0.4 is 15.4 Å². The third-order valence-corrected chi connectivity index (χ3v) is 5.43. The summed E-state index contributed by atoms with van der Waals surface area (Å²) in [5.74, 6) is 0.0224. The molecule has 174 valence electrons. The van der Waals surface area contributed by atoms with Gasteiger partial charge in [0.2, 0.25) is 5.96 Å². The number of hydrogen-bond donors (Lipinski definition) is 3. The number of anilines is 1. The predicted molar refractivity (Wildman–Crippen MR) is 134 cm³/mol. The summed E-state index contributed by atoms with van der Waals surface area (Å²) in [6.07, 6.45) is 2.66. The topological polar surface area (TPSA) is 78.5 Å². The van der Waals surface area contributed by atoms with Crippen LogP contribution in [-0.4, -0.2) is 30.0 Å². The fourth-order valence-electron chi connectivity index (χ4n) is 3.63. The molecule has 6 nitrogen and oxygen atoms in total. The standard InChI is InChI=1S/C27H27FN4O2/c1-3-34-25-11-7-6-10-24(25)31-27(32-26(33)19-13-12-18(2)22(28)16-19)29-15-14-20-17-30-23-9-5-4-8-21(20)23/h4-13,16-17,30H,3,14-15H2,1-2H3,(H2,29,31,32,33). The molecule has 3 aromatic carbocycles. The number of benzene rings is 3. The lowest BCUT2D eigenvalue weighted by Gasteiger charge is -2.15. The number of halogens is 1. The molecule has 1 aromatic heterocycles. The van der Waals surface area contributed by atoms with E-state index in [1.54, 1.807) is 19.1 Å². The average Bonchev–Trinajstić information content (AvgIpc) is 3.25. The number of aliphatic imine (C=N–C) groups is 1. The lowest BCUT2D eigenvalue weighted by molar-refractivity contribution is 0.0976. The van der Waals surface area contributed by atoms with Gasteiger partial charge in [-0.15, -0.1) is 0 Å². The van der Waals surface area contributed by atoms with Crippen LogP contribution in [0.1, 0.15) is 28.4 Å². The fraction of sp³-hybridized carbons (Fsp3) is 0.185. The van der Waals surface area contributed by atoms with Crippen LogP contribution in [0.5, 0.6) is 5.75 Å². The Morgan fingerprint density at radius 2 is 1.88 bits per heavy atom. The summed E-state index contributed by atoms with van der Waals surface area (Å²) in [4.78, 5) is 20.7. The summed E-state index contributed by atoms with van der Waals surface area (Å²) in [6.45, 7) is 4.49. The summed E-state index contributed by atoms with van der Waals surface area (Å²) >= 11 is 0. The van der Waals surface area contributed by atoms with Crippen LogP contribution >= 0.6 is 0 Å². The molecule has 1 amide bonds. The molecule has 4 rings (SSSR count). The van der Waals surface area contributed by atoms with Gasteiger partial charge < -0.3 is 15.0 Å². The number of fused-ring (bicyclic) bond motifs is 1. The Labute approximate surface area is 197 Å². The summed E-state index contributed by atoms with van der Waals surface area (Å²) in [6, 6.07) is 19.9. The lowest BCUT2D eigenvalue weighted by Crippen LogP contribution is -2.36. The van der Waals surface area contributed by atoms with Gasteiger partial charge in [0.25, 0.3) is 5.91 Å². The highest BCUT2D eigenvalue weighted by atomic mass is 19.1. The summed E-state index contributed by atoms with van der Waals surface area (Å²) in [5.41, 5.74) is 3.58. The Kier molecular flexibility index (Phi) is 7.22. The van der Waals surface area contributed by atoms with Gasteiger partial charge in [-0.2, -0.15) is 0 Å². The van der Waals surface area contributed by atoms with Crippen molar-refractivity contribution in [2.45, 2.75) is 20.3 Å². The summed E-state index contributed by atoms with van der Waals surface area (Å²) in [5, 5.41) is 7.10. The molecule has 3 N–H and O–H groups in total. The van der Waals surface area contributed by atoms with Gasteiger partial charge in [-0.3, -0.25) is 15.1 Å². The maximum absolute atomic E-state index is 14.0. The zero-order chi connectivity index (χ0) is 23.9. The smallest absolute Gasteiger partial charge is 0.258 e. The van der Waals surface area contributed by atoms with Crippen molar-refractivity contribution in [1.82, 2.24) is 10.3 Å². The number of nitrogens with zero attached hydrogens (tertiary/aromatic N) is 1. The zero-order valence-corrected chi connectivity index (χ0v) is 19.2. The minimum Gasteiger partial charge on any atom is -0.492 e. The predicted octanol–water partition coefficient (Wildman–Crippen LogP) is 5.45. The number of carbonyl (C=O) groups excluding carboxylic acids is 1. The highest BCUT2D eigenvalue weighted by Gasteiger charge is 2.13. The number of H-pyrrole nitrogens is 1. The highest BCUT2D eigenvalue weighted by Crippen LogP contribution is 2.24. The molecule has 0 bridgehead atoms. The number of rotatable bonds is 7. The van der Waals surface area contributed by atoms with Crippen LogP contribution in [0, 0.1) is 12.7 Å². The van der Waals surface area contributed by atoms with Gasteiger partial charge >= 0.3 is 0 Å². The largest absolute Gasteiger partial charge is 0.492 e. The van der Waals surface area contributed by atoms with E-state index in [1.807, 2.05) is 55.6 Å². The number of para-hydroxylation sites is 3. The number of aryl methyl sites for hydroxylation is 1. The third kappa shape index (κ3) is 5.43. The minimum atomic E-state index is -0.453. The molecule has 34 heavy (non-hydrogen) atoms. The van der Waals surface area contributed by atoms with Gasteiger partial charge in [0, 0.05) is 29.2 Å². The van der Waals surface area contributed by atoms with E-state index < -0.39 is 11.7 Å². The number of hydrogen-bond acceptors (Lipinski definition) is 3. The van der Waals surface area contributed by atoms with Gasteiger partial charge in [-0.1, -0.05) is 36.4 Å². The van der Waals surface area contributed by atoms with Crippen molar-refractivity contribution in [3.63, 3.8) is 0 Å². The first-order valence-corrected chi connectivity index (χ1v) is 11.2. The van der Waals surface area contributed by atoms with Crippen LogP contribution in [0.3, 0.4) is 0 Å². The van der Waals surface area contributed by atoms with E-state index in [0.29, 0.717) is 36.6 Å². The number of nitrogens with one attached hydrogen (secondary N) is 3. The van der Waals surface area contributed by atoms with Gasteiger partial charge in [0.05, 0.1) is 12.3 Å². The SMILES string of the molecule is CCOc1ccccc1NC(=NCCc1c[nH]c2ccccc12)NC(=O)c1ccc(C)c(F)c1. The van der Waals surface area contributed by atoms with Crippen molar-refractivity contribution in [2.75, 3.05) is 18.5 Å². The Morgan fingerprint density at radius 1 is 1.09 bits per heavy atom. The zero-order valence-electron chi connectivity index (χ0n) is 19.2. The number of ether oxygens (including phenoxy) is 1. The fourth-order valence-corrected chi connectivity index (χ4v) is 3.63. The Hall–Kier alpha value is -4.13. The van der Waals surface area contributed by atoms with E-state index >= 15 is 0 Å². The Balaban J connectivity index is 1.56. The van der Waals surface area contributed by atoms with Crippen LogP contribution in [0.25, 0.3) is 10.9 Å². The molecular weight excluding hydrogens is 431 g/mol. The first kappa shape index (κ1) is 23.0. The van der Waals surface area contributed by atoms with E-state index in [-0.39, 0.29) is 11.5 Å². The van der Waals surface area contributed by atoms with E-state index in [2.05, 4.69) is 26.7 Å². The molecule has 0 saturated carbocycles. The molecule has 0 fully saturated rings. The van der Waals surface area contributed by atoms with Gasteiger partial charge in [0.1, 0.15) is 11.6 Å². The molecule has 0 saturated heterocycles. The van der Waals surface area contributed by atoms with Crippen LogP contribution in [0.2, 0.25) is 0 Å². The number of aromatic amines is 1. The Morgan fingerprint density at radius 3 is 2.71 bits per heavy atom. The third-order valence-electron chi connectivity index (χ3n) is 5.43. The quantitative estimate of drug-likeness (QED) is 0.254. The molecule has 7 heteroatoms. The van der Waals surface area contributed by atoms with Gasteiger partial charge in [-0.05, 0) is 61.7 Å². The van der Waals surface area contributed by atoms with Gasteiger partial charge in [0.15, 0.2) is 0 Å². The molecule has 4 aromatic rings. The molecular formula is C27H27FN4O2. The van der Waals surface area contributed by atoms with Crippen molar-refractivity contribution in [3.8, 4) is 5.75 Å². The number of carbonyl (C=O) groups is 1. The van der Waals surface area contributed by atoms with Crippen LogP contribution in [0.15, 0.2) is 77.9 Å². The second-order valence-corrected chi connectivity index (χ2v) is 7.81. The number of amides is 1. The van der Waals surface area contributed by atoms with Gasteiger partial charge in [-0.25, -0.2) is 4.39 Å². The molecule has 0 radical (unpaired) electrons. The highest BCUT2D eigenvalue weighted by molar-refractivity contribution is 6.10. The second-order valence-electron chi connectivity index (χ2n) is 7.81. The van der Waals surface area contributed by atoms with E-state index in [0.717, 1.165) is 16.5 Å². The Bertz CT molecular complexity index is 1330. The van der Waals surface area contributed by atoms with Crippen molar-refractivity contribution in [2.24, 2.45) is 4.99 Å². The monoisotopic (exact) mass is 458 g/mol. The molecule has 0 aliphatic rings. The molecule has 0 unspecified atom stereocenters.